The van der Waals surface area contributed by atoms with Crippen LogP contribution in [0.2, 0.25) is 5.02 Å². The van der Waals surface area contributed by atoms with Crippen molar-refractivity contribution in [2.24, 2.45) is 0 Å². The molecule has 0 aliphatic heterocycles. The van der Waals surface area contributed by atoms with E-state index in [0.717, 1.165) is 5.69 Å². The Hall–Kier alpha value is -1.68. The van der Waals surface area contributed by atoms with Gasteiger partial charge in [0.1, 0.15) is 5.69 Å². The van der Waals surface area contributed by atoms with Gasteiger partial charge in [0.05, 0.1) is 22.6 Å². The van der Waals surface area contributed by atoms with Crippen LogP contribution in [-0.2, 0) is 0 Å². The predicted molar refractivity (Wildman–Crippen MR) is 68.8 cm³/mol. The molecular weight excluding hydrogens is 236 g/mol. The van der Waals surface area contributed by atoms with Crippen LogP contribution in [0.4, 0.5) is 5.69 Å². The van der Waals surface area contributed by atoms with Crippen LogP contribution in [0.3, 0.4) is 0 Å². The maximum atomic E-state index is 5.83. The molecule has 2 heterocycles. The van der Waals surface area contributed by atoms with Crippen LogP contribution in [0.25, 0.3) is 11.5 Å². The van der Waals surface area contributed by atoms with Crippen LogP contribution in [0.1, 0.15) is 25.5 Å². The molecule has 0 amide bonds. The molecule has 17 heavy (non-hydrogen) atoms. The lowest BCUT2D eigenvalue weighted by Crippen LogP contribution is -2.03. The topological polar surface area (TPSA) is 64.7 Å². The molecule has 2 N–H and O–H groups in total. The molecule has 0 fully saturated rings. The van der Waals surface area contributed by atoms with Gasteiger partial charge in [0.25, 0.3) is 0 Å². The number of pyridine rings is 1. The number of nitrogens with two attached hydrogens (primary N) is 1. The zero-order valence-corrected chi connectivity index (χ0v) is 10.4. The van der Waals surface area contributed by atoms with E-state index in [-0.39, 0.29) is 5.92 Å². The fourth-order valence-corrected chi connectivity index (χ4v) is 1.61. The summed E-state index contributed by atoms with van der Waals surface area (Å²) in [4.78, 5) is 12.8. The van der Waals surface area contributed by atoms with Gasteiger partial charge in [-0.1, -0.05) is 25.4 Å². The lowest BCUT2D eigenvalue weighted by atomic mass is 10.1. The van der Waals surface area contributed by atoms with Gasteiger partial charge in [-0.3, -0.25) is 4.98 Å². The number of hydrogen-bond acceptors (Lipinski definition) is 4. The van der Waals surface area contributed by atoms with E-state index < -0.39 is 0 Å². The summed E-state index contributed by atoms with van der Waals surface area (Å²) in [5.41, 5.74) is 7.97. The Bertz CT molecular complexity index is 523. The average molecular weight is 249 g/mol. The highest BCUT2D eigenvalue weighted by molar-refractivity contribution is 6.30. The quantitative estimate of drug-likeness (QED) is 0.888. The first-order valence-electron chi connectivity index (χ1n) is 5.32. The largest absolute Gasteiger partial charge is 0.396 e. The lowest BCUT2D eigenvalue weighted by Gasteiger charge is -2.09. The summed E-state index contributed by atoms with van der Waals surface area (Å²) in [6, 6.07) is 3.55. The molecule has 2 rings (SSSR count). The second kappa shape index (κ2) is 4.67. The maximum Gasteiger partial charge on any atom is 0.178 e. The molecule has 2 aromatic rings. The van der Waals surface area contributed by atoms with Gasteiger partial charge >= 0.3 is 0 Å². The second-order valence-electron chi connectivity index (χ2n) is 4.05. The zero-order chi connectivity index (χ0) is 12.4. The number of aromatic nitrogens is 3. The minimum Gasteiger partial charge on any atom is -0.396 e. The molecule has 0 radical (unpaired) electrons. The van der Waals surface area contributed by atoms with E-state index in [2.05, 4.69) is 15.0 Å². The Morgan fingerprint density at radius 3 is 2.53 bits per heavy atom. The van der Waals surface area contributed by atoms with E-state index in [1.165, 1.54) is 0 Å². The van der Waals surface area contributed by atoms with Gasteiger partial charge < -0.3 is 5.73 Å². The molecule has 0 atom stereocenters. The minimum atomic E-state index is 0.254. The van der Waals surface area contributed by atoms with E-state index in [1.54, 1.807) is 24.5 Å². The second-order valence-corrected chi connectivity index (χ2v) is 4.49. The van der Waals surface area contributed by atoms with Gasteiger partial charge in [0.2, 0.25) is 0 Å². The number of nitrogens with zero attached hydrogens (tertiary/aromatic N) is 3. The SMILES string of the molecule is CC(C)c1nc(-c2ccc(Cl)cn2)ncc1N. The molecular formula is C12H13ClN4. The van der Waals surface area contributed by atoms with Crippen molar-refractivity contribution >= 4 is 17.3 Å². The van der Waals surface area contributed by atoms with E-state index in [4.69, 9.17) is 17.3 Å². The third kappa shape index (κ3) is 2.53. The number of anilines is 1. The van der Waals surface area contributed by atoms with Gasteiger partial charge in [0, 0.05) is 6.20 Å². The van der Waals surface area contributed by atoms with Crippen LogP contribution < -0.4 is 5.73 Å². The van der Waals surface area contributed by atoms with Gasteiger partial charge in [-0.2, -0.15) is 0 Å². The predicted octanol–water partition coefficient (Wildman–Crippen LogP) is 2.90. The van der Waals surface area contributed by atoms with E-state index in [9.17, 15) is 0 Å². The summed E-state index contributed by atoms with van der Waals surface area (Å²) in [5.74, 6) is 0.823. The van der Waals surface area contributed by atoms with E-state index in [0.29, 0.717) is 22.2 Å². The highest BCUT2D eigenvalue weighted by atomic mass is 35.5. The fourth-order valence-electron chi connectivity index (χ4n) is 1.50. The summed E-state index contributed by atoms with van der Waals surface area (Å²) in [6.07, 6.45) is 3.19. The molecule has 5 heteroatoms. The van der Waals surface area contributed by atoms with Crippen LogP contribution in [-0.4, -0.2) is 15.0 Å². The first-order chi connectivity index (χ1) is 8.08. The molecule has 0 aromatic carbocycles. The molecule has 0 saturated carbocycles. The van der Waals surface area contributed by atoms with Gasteiger partial charge in [-0.15, -0.1) is 0 Å². The zero-order valence-electron chi connectivity index (χ0n) is 9.68. The summed E-state index contributed by atoms with van der Waals surface area (Å²) in [6.45, 7) is 4.08. The summed E-state index contributed by atoms with van der Waals surface area (Å²) < 4.78 is 0. The molecule has 0 aliphatic rings. The fraction of sp³-hybridized carbons (Fsp3) is 0.250. The standard InChI is InChI=1S/C12H13ClN4/c1-7(2)11-9(14)6-16-12(17-11)10-4-3-8(13)5-15-10/h3-7H,14H2,1-2H3. The first-order valence-corrected chi connectivity index (χ1v) is 5.70. The van der Waals surface area contributed by atoms with Gasteiger partial charge in [-0.05, 0) is 18.1 Å². The van der Waals surface area contributed by atoms with E-state index >= 15 is 0 Å². The Labute approximate surface area is 105 Å². The van der Waals surface area contributed by atoms with Crippen molar-refractivity contribution in [3.05, 3.63) is 35.2 Å². The summed E-state index contributed by atoms with van der Waals surface area (Å²) in [7, 11) is 0. The highest BCUT2D eigenvalue weighted by Gasteiger charge is 2.10. The Morgan fingerprint density at radius 2 is 1.94 bits per heavy atom. The third-order valence-corrected chi connectivity index (χ3v) is 2.57. The molecule has 0 bridgehead atoms. The normalized spacial score (nSPS) is 10.8. The van der Waals surface area contributed by atoms with E-state index in [1.807, 2.05) is 13.8 Å². The minimum absolute atomic E-state index is 0.254. The monoisotopic (exact) mass is 248 g/mol. The molecule has 0 aliphatic carbocycles. The van der Waals surface area contributed by atoms with Crippen molar-refractivity contribution < 1.29 is 0 Å². The van der Waals surface area contributed by atoms with Crippen molar-refractivity contribution in [3.8, 4) is 11.5 Å². The first kappa shape index (κ1) is 11.8. The smallest absolute Gasteiger partial charge is 0.178 e. The Balaban J connectivity index is 2.46. The average Bonchev–Trinajstić information content (AvgIpc) is 2.30. The molecule has 0 spiro atoms. The molecule has 0 saturated heterocycles. The van der Waals surface area contributed by atoms with Crippen molar-refractivity contribution in [1.29, 1.82) is 0 Å². The van der Waals surface area contributed by atoms with Gasteiger partial charge in [0.15, 0.2) is 5.82 Å². The number of nitrogen functional groups attached to an aromatic ring is 1. The van der Waals surface area contributed by atoms with Crippen molar-refractivity contribution in [2.45, 2.75) is 19.8 Å². The molecule has 4 nitrogen and oxygen atoms in total. The lowest BCUT2D eigenvalue weighted by molar-refractivity contribution is 0.820. The molecule has 2 aromatic heterocycles. The molecule has 0 unspecified atom stereocenters. The van der Waals surface area contributed by atoms with Crippen LogP contribution in [0.15, 0.2) is 24.5 Å². The summed E-state index contributed by atoms with van der Waals surface area (Å²) >= 11 is 5.78. The number of hydrogen-bond donors (Lipinski definition) is 1. The van der Waals surface area contributed by atoms with Gasteiger partial charge in [-0.25, -0.2) is 9.97 Å². The van der Waals surface area contributed by atoms with Crippen LogP contribution in [0.5, 0.6) is 0 Å². The van der Waals surface area contributed by atoms with Crippen molar-refractivity contribution in [3.63, 3.8) is 0 Å². The Kier molecular flexibility index (Phi) is 3.24. The number of halogens is 1. The maximum absolute atomic E-state index is 5.83. The van der Waals surface area contributed by atoms with Crippen molar-refractivity contribution in [1.82, 2.24) is 15.0 Å². The Morgan fingerprint density at radius 1 is 1.18 bits per heavy atom. The number of rotatable bonds is 2. The summed E-state index contributed by atoms with van der Waals surface area (Å²) in [5, 5.41) is 0.591. The third-order valence-electron chi connectivity index (χ3n) is 2.35. The van der Waals surface area contributed by atoms with Crippen LogP contribution >= 0.6 is 11.6 Å². The van der Waals surface area contributed by atoms with Crippen LogP contribution in [0, 0.1) is 0 Å². The van der Waals surface area contributed by atoms with Crippen molar-refractivity contribution in [2.75, 3.05) is 5.73 Å². The highest BCUT2D eigenvalue weighted by Crippen LogP contribution is 2.22. The molecule has 88 valence electrons.